The van der Waals surface area contributed by atoms with Crippen molar-refractivity contribution in [3.05, 3.63) is 76.9 Å². The van der Waals surface area contributed by atoms with Crippen molar-refractivity contribution in [2.75, 3.05) is 6.61 Å². The van der Waals surface area contributed by atoms with E-state index in [2.05, 4.69) is 31.2 Å². The molecule has 0 radical (unpaired) electrons. The molecule has 2 heteroatoms. The lowest BCUT2D eigenvalue weighted by molar-refractivity contribution is -0.135. The summed E-state index contributed by atoms with van der Waals surface area (Å²) in [6, 6.07) is 18.2. The summed E-state index contributed by atoms with van der Waals surface area (Å²) in [5, 5.41) is 0. The number of esters is 1. The number of hydrogen-bond acceptors (Lipinski definition) is 2. The van der Waals surface area contributed by atoms with E-state index in [1.807, 2.05) is 30.3 Å². The average molecular weight is 264 g/mol. The van der Waals surface area contributed by atoms with Crippen LogP contribution in [0.1, 0.15) is 16.7 Å². The van der Waals surface area contributed by atoms with Crippen molar-refractivity contribution in [3.8, 4) is 0 Å². The Labute approximate surface area is 118 Å². The van der Waals surface area contributed by atoms with E-state index in [4.69, 9.17) is 4.74 Å². The van der Waals surface area contributed by atoms with E-state index in [1.54, 1.807) is 0 Å². The summed E-state index contributed by atoms with van der Waals surface area (Å²) in [7, 11) is 0. The van der Waals surface area contributed by atoms with Gasteiger partial charge in [-0.3, -0.25) is 0 Å². The highest BCUT2D eigenvalue weighted by Crippen LogP contribution is 2.28. The molecule has 0 amide bonds. The molecule has 20 heavy (non-hydrogen) atoms. The Hall–Kier alpha value is -2.35. The molecule has 100 valence electrons. The van der Waals surface area contributed by atoms with Crippen LogP contribution in [0.25, 0.3) is 5.57 Å². The Balaban J connectivity index is 1.95. The lowest BCUT2D eigenvalue weighted by atomic mass is 9.96. The molecule has 0 bridgehead atoms. The van der Waals surface area contributed by atoms with Gasteiger partial charge in [0.1, 0.15) is 6.61 Å². The van der Waals surface area contributed by atoms with Gasteiger partial charge in [-0.1, -0.05) is 60.2 Å². The van der Waals surface area contributed by atoms with Crippen LogP contribution in [0.5, 0.6) is 0 Å². The minimum Gasteiger partial charge on any atom is -0.457 e. The molecule has 0 unspecified atom stereocenters. The highest BCUT2D eigenvalue weighted by Gasteiger charge is 2.25. The monoisotopic (exact) mass is 264 g/mol. The first-order chi connectivity index (χ1) is 9.74. The summed E-state index contributed by atoms with van der Waals surface area (Å²) in [4.78, 5) is 11.9. The molecule has 1 heterocycles. The lowest BCUT2D eigenvalue weighted by Crippen LogP contribution is -2.02. The van der Waals surface area contributed by atoms with Crippen molar-refractivity contribution in [1.29, 1.82) is 0 Å². The van der Waals surface area contributed by atoms with Gasteiger partial charge in [-0.2, -0.15) is 0 Å². The molecule has 0 spiro atoms. The number of aryl methyl sites for hydroxylation is 1. The molecule has 0 aliphatic carbocycles. The molecule has 0 aromatic heterocycles. The summed E-state index contributed by atoms with van der Waals surface area (Å²) in [6.07, 6.45) is 0.628. The van der Waals surface area contributed by atoms with Crippen LogP contribution in [-0.2, 0) is 16.0 Å². The third-order valence-corrected chi connectivity index (χ3v) is 3.58. The first-order valence-electron chi connectivity index (χ1n) is 6.74. The highest BCUT2D eigenvalue weighted by atomic mass is 16.5. The normalized spacial score (nSPS) is 14.6. The van der Waals surface area contributed by atoms with Gasteiger partial charge in [0.2, 0.25) is 0 Å². The predicted octanol–water partition coefficient (Wildman–Crippen LogP) is 3.55. The van der Waals surface area contributed by atoms with Crippen LogP contribution in [0, 0.1) is 6.92 Å². The molecular formula is C18H16O2. The zero-order chi connectivity index (χ0) is 13.9. The zero-order valence-corrected chi connectivity index (χ0v) is 11.4. The van der Waals surface area contributed by atoms with Gasteiger partial charge in [-0.25, -0.2) is 4.79 Å². The van der Waals surface area contributed by atoms with E-state index in [0.717, 1.165) is 22.3 Å². The fourth-order valence-electron chi connectivity index (χ4n) is 2.42. The SMILES string of the molecule is Cc1ccc(CC2=C(c3ccccc3)COC2=O)cc1. The molecule has 0 fully saturated rings. The molecule has 0 atom stereocenters. The minimum absolute atomic E-state index is 0.190. The van der Waals surface area contributed by atoms with Crippen molar-refractivity contribution in [1.82, 2.24) is 0 Å². The maximum absolute atomic E-state index is 11.9. The Kier molecular flexibility index (Phi) is 3.38. The number of carbonyl (C=O) groups excluding carboxylic acids is 1. The second-order valence-corrected chi connectivity index (χ2v) is 5.06. The van der Waals surface area contributed by atoms with Crippen molar-refractivity contribution in [2.24, 2.45) is 0 Å². The molecule has 0 N–H and O–H groups in total. The fraction of sp³-hybridized carbons (Fsp3) is 0.167. The Bertz CT molecular complexity index is 652. The van der Waals surface area contributed by atoms with Gasteiger partial charge >= 0.3 is 5.97 Å². The largest absolute Gasteiger partial charge is 0.457 e. The molecule has 2 aromatic rings. The van der Waals surface area contributed by atoms with Crippen LogP contribution in [0.3, 0.4) is 0 Å². The minimum atomic E-state index is -0.190. The fourth-order valence-corrected chi connectivity index (χ4v) is 2.42. The number of carbonyl (C=O) groups is 1. The first-order valence-corrected chi connectivity index (χ1v) is 6.74. The summed E-state index contributed by atoms with van der Waals surface area (Å²) in [5.74, 6) is -0.190. The molecule has 2 aromatic carbocycles. The third-order valence-electron chi connectivity index (χ3n) is 3.58. The Morgan fingerprint density at radius 1 is 1.00 bits per heavy atom. The van der Waals surface area contributed by atoms with E-state index < -0.39 is 0 Å². The molecule has 0 saturated carbocycles. The van der Waals surface area contributed by atoms with E-state index in [9.17, 15) is 4.79 Å². The molecule has 1 aliphatic rings. The van der Waals surface area contributed by atoms with Crippen molar-refractivity contribution in [3.63, 3.8) is 0 Å². The van der Waals surface area contributed by atoms with E-state index in [1.165, 1.54) is 5.56 Å². The van der Waals surface area contributed by atoms with Gasteiger partial charge in [0, 0.05) is 17.6 Å². The molecular weight excluding hydrogens is 248 g/mol. The summed E-state index contributed by atoms with van der Waals surface area (Å²) < 4.78 is 5.22. The second kappa shape index (κ2) is 5.33. The van der Waals surface area contributed by atoms with E-state index in [-0.39, 0.29) is 5.97 Å². The van der Waals surface area contributed by atoms with Gasteiger partial charge in [-0.05, 0) is 18.1 Å². The van der Waals surface area contributed by atoms with Crippen molar-refractivity contribution < 1.29 is 9.53 Å². The summed E-state index contributed by atoms with van der Waals surface area (Å²) in [5.41, 5.74) is 5.22. The Morgan fingerprint density at radius 3 is 2.40 bits per heavy atom. The van der Waals surface area contributed by atoms with E-state index >= 15 is 0 Å². The number of cyclic esters (lactones) is 1. The predicted molar refractivity (Wildman–Crippen MR) is 79.2 cm³/mol. The molecule has 0 saturated heterocycles. The lowest BCUT2D eigenvalue weighted by Gasteiger charge is -2.05. The Morgan fingerprint density at radius 2 is 1.70 bits per heavy atom. The standard InChI is InChI=1S/C18H16O2/c1-13-7-9-14(10-8-13)11-16-17(12-20-18(16)19)15-5-3-2-4-6-15/h2-10H,11-12H2,1H3. The smallest absolute Gasteiger partial charge is 0.335 e. The third kappa shape index (κ3) is 2.50. The summed E-state index contributed by atoms with van der Waals surface area (Å²) in [6.45, 7) is 2.44. The summed E-state index contributed by atoms with van der Waals surface area (Å²) >= 11 is 0. The molecule has 1 aliphatic heterocycles. The number of rotatable bonds is 3. The van der Waals surface area contributed by atoms with Gasteiger partial charge < -0.3 is 4.74 Å². The first kappa shape index (κ1) is 12.7. The second-order valence-electron chi connectivity index (χ2n) is 5.06. The topological polar surface area (TPSA) is 26.3 Å². The van der Waals surface area contributed by atoms with Crippen molar-refractivity contribution >= 4 is 11.5 Å². The van der Waals surface area contributed by atoms with Crippen LogP contribution < -0.4 is 0 Å². The highest BCUT2D eigenvalue weighted by molar-refractivity contribution is 6.02. The van der Waals surface area contributed by atoms with E-state index in [0.29, 0.717) is 13.0 Å². The van der Waals surface area contributed by atoms with Gasteiger partial charge in [0.05, 0.1) is 0 Å². The average Bonchev–Trinajstić information content (AvgIpc) is 2.84. The number of hydrogen-bond donors (Lipinski definition) is 0. The van der Waals surface area contributed by atoms with Crippen LogP contribution >= 0.6 is 0 Å². The van der Waals surface area contributed by atoms with Gasteiger partial charge in [0.15, 0.2) is 0 Å². The van der Waals surface area contributed by atoms with Crippen LogP contribution in [0.2, 0.25) is 0 Å². The van der Waals surface area contributed by atoms with Gasteiger partial charge in [-0.15, -0.1) is 0 Å². The number of ether oxygens (including phenoxy) is 1. The van der Waals surface area contributed by atoms with Crippen molar-refractivity contribution in [2.45, 2.75) is 13.3 Å². The molecule has 2 nitrogen and oxygen atoms in total. The van der Waals surface area contributed by atoms with Crippen LogP contribution in [-0.4, -0.2) is 12.6 Å². The number of benzene rings is 2. The molecule has 3 rings (SSSR count). The van der Waals surface area contributed by atoms with Crippen LogP contribution in [0.15, 0.2) is 60.2 Å². The maximum atomic E-state index is 11.9. The quantitative estimate of drug-likeness (QED) is 0.792. The maximum Gasteiger partial charge on any atom is 0.335 e. The van der Waals surface area contributed by atoms with Gasteiger partial charge in [0.25, 0.3) is 0 Å². The zero-order valence-electron chi connectivity index (χ0n) is 11.4. The van der Waals surface area contributed by atoms with Crippen LogP contribution in [0.4, 0.5) is 0 Å².